The zero-order valence-electron chi connectivity index (χ0n) is 19.1. The van der Waals surface area contributed by atoms with Crippen LogP contribution in [0.3, 0.4) is 0 Å². The van der Waals surface area contributed by atoms with Crippen molar-refractivity contribution in [1.29, 1.82) is 0 Å². The van der Waals surface area contributed by atoms with Crippen LogP contribution in [0.25, 0.3) is 0 Å². The molecule has 168 valence electrons. The minimum absolute atomic E-state index is 0.00307. The Morgan fingerprint density at radius 2 is 1.84 bits per heavy atom. The largest absolute Gasteiger partial charge is 0.497 e. The third-order valence-corrected chi connectivity index (χ3v) is 5.26. The second-order valence-electron chi connectivity index (χ2n) is 8.24. The number of methoxy groups -OCH3 is 1. The molecule has 0 radical (unpaired) electrons. The molecule has 1 heterocycles. The van der Waals surface area contributed by atoms with Crippen LogP contribution >= 0.6 is 0 Å². The van der Waals surface area contributed by atoms with Crippen LogP contribution in [0.1, 0.15) is 57.7 Å². The summed E-state index contributed by atoms with van der Waals surface area (Å²) in [6.45, 7) is 9.10. The Balaban J connectivity index is 1.68. The summed E-state index contributed by atoms with van der Waals surface area (Å²) in [4.78, 5) is 12.8. The van der Waals surface area contributed by atoms with Crippen LogP contribution in [-0.2, 0) is 11.2 Å². The quantitative estimate of drug-likeness (QED) is 0.620. The summed E-state index contributed by atoms with van der Waals surface area (Å²) in [5.41, 5.74) is 1.63. The predicted molar refractivity (Wildman–Crippen MR) is 120 cm³/mol. The Morgan fingerprint density at radius 3 is 2.55 bits per heavy atom. The van der Waals surface area contributed by atoms with E-state index in [-0.39, 0.29) is 17.6 Å². The van der Waals surface area contributed by atoms with Crippen molar-refractivity contribution in [3.05, 3.63) is 47.5 Å². The molecule has 0 bridgehead atoms. The third-order valence-electron chi connectivity index (χ3n) is 5.26. The maximum absolute atomic E-state index is 12.8. The summed E-state index contributed by atoms with van der Waals surface area (Å²) in [6, 6.07) is 11.4. The maximum atomic E-state index is 12.8. The van der Waals surface area contributed by atoms with E-state index in [0.29, 0.717) is 32.5 Å². The van der Waals surface area contributed by atoms with Gasteiger partial charge in [-0.3, -0.25) is 4.79 Å². The molecule has 31 heavy (non-hydrogen) atoms. The average molecular weight is 428 g/mol. The molecule has 1 unspecified atom stereocenters. The molecule has 0 saturated heterocycles. The number of carbonyl (C=O) groups excluding carboxylic acids is 1. The molecule has 6 heteroatoms. The summed E-state index contributed by atoms with van der Waals surface area (Å²) in [6.07, 6.45) is 1.70. The Bertz CT molecular complexity index is 909. The van der Waals surface area contributed by atoms with Gasteiger partial charge in [-0.15, -0.1) is 0 Å². The summed E-state index contributed by atoms with van der Waals surface area (Å²) < 4.78 is 22.8. The summed E-state index contributed by atoms with van der Waals surface area (Å²) >= 11 is 0. The van der Waals surface area contributed by atoms with Crippen LogP contribution in [0.2, 0.25) is 0 Å². The molecule has 0 spiro atoms. The van der Waals surface area contributed by atoms with E-state index in [1.165, 1.54) is 0 Å². The van der Waals surface area contributed by atoms with Gasteiger partial charge in [0.2, 0.25) is 5.91 Å². The van der Waals surface area contributed by atoms with Crippen LogP contribution in [0.15, 0.2) is 36.4 Å². The molecule has 3 rings (SSSR count). The lowest BCUT2D eigenvalue weighted by atomic mass is 9.89. The number of benzene rings is 2. The second kappa shape index (κ2) is 9.94. The number of nitrogens with one attached hydrogen (secondary N) is 1. The molecule has 0 aliphatic carbocycles. The number of carbonyl (C=O) groups is 1. The fourth-order valence-corrected chi connectivity index (χ4v) is 3.86. The van der Waals surface area contributed by atoms with Gasteiger partial charge in [-0.1, -0.05) is 6.07 Å². The SMILES string of the molecule is CCOc1ccc(CCC(=O)NC2CC(C)(C)Oc3ccc(OC)cc32)cc1OCC. The summed E-state index contributed by atoms with van der Waals surface area (Å²) in [7, 11) is 1.64. The first-order chi connectivity index (χ1) is 14.8. The van der Waals surface area contributed by atoms with E-state index in [4.69, 9.17) is 18.9 Å². The molecule has 1 amide bonds. The highest BCUT2D eigenvalue weighted by Gasteiger charge is 2.34. The van der Waals surface area contributed by atoms with Gasteiger partial charge in [-0.05, 0) is 70.0 Å². The van der Waals surface area contributed by atoms with Gasteiger partial charge >= 0.3 is 0 Å². The summed E-state index contributed by atoms with van der Waals surface area (Å²) in [5.74, 6) is 2.99. The van der Waals surface area contributed by atoms with Gasteiger partial charge in [0.15, 0.2) is 11.5 Å². The zero-order valence-corrected chi connectivity index (χ0v) is 19.1. The van der Waals surface area contributed by atoms with E-state index in [1.807, 2.05) is 64.1 Å². The molecular formula is C25H33NO5. The lowest BCUT2D eigenvalue weighted by molar-refractivity contribution is -0.122. The van der Waals surface area contributed by atoms with Crippen molar-refractivity contribution >= 4 is 5.91 Å². The maximum Gasteiger partial charge on any atom is 0.220 e. The number of amides is 1. The summed E-state index contributed by atoms with van der Waals surface area (Å²) in [5, 5.41) is 3.19. The molecule has 1 atom stereocenters. The van der Waals surface area contributed by atoms with Gasteiger partial charge in [0.05, 0.1) is 26.4 Å². The molecule has 0 aromatic heterocycles. The zero-order chi connectivity index (χ0) is 22.4. The fraction of sp³-hybridized carbons (Fsp3) is 0.480. The highest BCUT2D eigenvalue weighted by atomic mass is 16.5. The van der Waals surface area contributed by atoms with Crippen molar-refractivity contribution in [3.8, 4) is 23.0 Å². The molecule has 1 aliphatic heterocycles. The van der Waals surface area contributed by atoms with E-state index in [2.05, 4.69) is 5.32 Å². The number of ether oxygens (including phenoxy) is 4. The monoisotopic (exact) mass is 427 g/mol. The number of hydrogen-bond donors (Lipinski definition) is 1. The van der Waals surface area contributed by atoms with Crippen molar-refractivity contribution in [2.24, 2.45) is 0 Å². The van der Waals surface area contributed by atoms with Crippen LogP contribution < -0.4 is 24.3 Å². The van der Waals surface area contributed by atoms with E-state index < -0.39 is 0 Å². The van der Waals surface area contributed by atoms with Gasteiger partial charge in [0.1, 0.15) is 17.1 Å². The molecule has 0 saturated carbocycles. The molecule has 0 fully saturated rings. The first kappa shape index (κ1) is 22.8. The molecule has 2 aromatic carbocycles. The normalized spacial score (nSPS) is 16.6. The fourth-order valence-electron chi connectivity index (χ4n) is 3.86. The van der Waals surface area contributed by atoms with E-state index in [9.17, 15) is 4.79 Å². The van der Waals surface area contributed by atoms with Gasteiger partial charge in [-0.25, -0.2) is 0 Å². The molecule has 6 nitrogen and oxygen atoms in total. The van der Waals surface area contributed by atoms with Crippen molar-refractivity contribution < 1.29 is 23.7 Å². The smallest absolute Gasteiger partial charge is 0.220 e. The van der Waals surface area contributed by atoms with Crippen LogP contribution in [0.5, 0.6) is 23.0 Å². The van der Waals surface area contributed by atoms with Crippen LogP contribution in [0.4, 0.5) is 0 Å². The van der Waals surface area contributed by atoms with Crippen molar-refractivity contribution in [2.45, 2.75) is 58.6 Å². The van der Waals surface area contributed by atoms with E-state index in [1.54, 1.807) is 7.11 Å². The number of aryl methyl sites for hydroxylation is 1. The van der Waals surface area contributed by atoms with Gasteiger partial charge in [-0.2, -0.15) is 0 Å². The molecule has 2 aromatic rings. The number of fused-ring (bicyclic) bond motifs is 1. The lowest BCUT2D eigenvalue weighted by Crippen LogP contribution is -2.41. The average Bonchev–Trinajstić information content (AvgIpc) is 2.73. The van der Waals surface area contributed by atoms with Crippen molar-refractivity contribution in [3.63, 3.8) is 0 Å². The van der Waals surface area contributed by atoms with Gasteiger partial charge in [0, 0.05) is 18.4 Å². The lowest BCUT2D eigenvalue weighted by Gasteiger charge is -2.38. The standard InChI is InChI=1S/C25H33NO5/c1-6-29-22-11-8-17(14-23(22)30-7-2)9-13-24(27)26-20-16-25(3,4)31-21-12-10-18(28-5)15-19(20)21/h8,10-12,14-15,20H,6-7,9,13,16H2,1-5H3,(H,26,27). The Labute approximate surface area is 184 Å². The Morgan fingerprint density at radius 1 is 1.10 bits per heavy atom. The highest BCUT2D eigenvalue weighted by molar-refractivity contribution is 5.77. The predicted octanol–water partition coefficient (Wildman–Crippen LogP) is 4.84. The van der Waals surface area contributed by atoms with Crippen LogP contribution in [0, 0.1) is 0 Å². The second-order valence-corrected chi connectivity index (χ2v) is 8.24. The Hall–Kier alpha value is -2.89. The minimum Gasteiger partial charge on any atom is -0.497 e. The third kappa shape index (κ3) is 5.84. The molecule has 1 aliphatic rings. The van der Waals surface area contributed by atoms with E-state index in [0.717, 1.165) is 34.1 Å². The first-order valence-electron chi connectivity index (χ1n) is 10.9. The van der Waals surface area contributed by atoms with Crippen LogP contribution in [-0.4, -0.2) is 31.8 Å². The highest BCUT2D eigenvalue weighted by Crippen LogP contribution is 2.41. The van der Waals surface area contributed by atoms with E-state index >= 15 is 0 Å². The van der Waals surface area contributed by atoms with Crippen molar-refractivity contribution in [1.82, 2.24) is 5.32 Å². The van der Waals surface area contributed by atoms with Gasteiger partial charge in [0.25, 0.3) is 0 Å². The Kier molecular flexibility index (Phi) is 7.31. The first-order valence-corrected chi connectivity index (χ1v) is 10.9. The van der Waals surface area contributed by atoms with Gasteiger partial charge < -0.3 is 24.3 Å². The van der Waals surface area contributed by atoms with Crippen molar-refractivity contribution in [2.75, 3.05) is 20.3 Å². The number of hydrogen-bond acceptors (Lipinski definition) is 5. The topological polar surface area (TPSA) is 66.0 Å². The molecule has 1 N–H and O–H groups in total. The number of rotatable bonds is 9. The minimum atomic E-state index is -0.360. The molecular weight excluding hydrogens is 394 g/mol.